The van der Waals surface area contributed by atoms with Crippen molar-refractivity contribution in [1.82, 2.24) is 0 Å². The molecule has 0 bridgehead atoms. The van der Waals surface area contributed by atoms with Crippen LogP contribution in [0.15, 0.2) is 29.2 Å². The minimum Gasteiger partial charge on any atom is -0.465 e. The SMILES string of the molecule is CCOC(=O)[C@]1(CN)C[C@@H]1S(=O)(=O)c1ccc(Cl)cc1. The molecule has 7 heteroatoms. The van der Waals surface area contributed by atoms with E-state index < -0.39 is 26.5 Å². The highest BCUT2D eigenvalue weighted by Gasteiger charge is 2.66. The number of esters is 1. The van der Waals surface area contributed by atoms with Gasteiger partial charge >= 0.3 is 5.97 Å². The van der Waals surface area contributed by atoms with Crippen molar-refractivity contribution in [3.05, 3.63) is 29.3 Å². The molecule has 110 valence electrons. The summed E-state index contributed by atoms with van der Waals surface area (Å²) in [5, 5.41) is -0.365. The predicted molar refractivity (Wildman–Crippen MR) is 75.2 cm³/mol. The molecule has 5 nitrogen and oxygen atoms in total. The molecule has 0 spiro atoms. The van der Waals surface area contributed by atoms with Gasteiger partial charge in [-0.1, -0.05) is 11.6 Å². The van der Waals surface area contributed by atoms with Crippen LogP contribution in [0.2, 0.25) is 5.02 Å². The Bertz CT molecular complexity index is 614. The summed E-state index contributed by atoms with van der Waals surface area (Å²) in [5.74, 6) is -0.537. The lowest BCUT2D eigenvalue weighted by Crippen LogP contribution is -2.33. The average Bonchev–Trinajstić information content (AvgIpc) is 3.16. The summed E-state index contributed by atoms with van der Waals surface area (Å²) in [6.45, 7) is 1.84. The normalized spacial score (nSPS) is 25.2. The number of ether oxygens (including phenoxy) is 1. The minimum atomic E-state index is -3.61. The van der Waals surface area contributed by atoms with Gasteiger partial charge in [0.2, 0.25) is 0 Å². The van der Waals surface area contributed by atoms with E-state index in [4.69, 9.17) is 22.1 Å². The molecule has 2 N–H and O–H groups in total. The Morgan fingerprint density at radius 2 is 2.05 bits per heavy atom. The van der Waals surface area contributed by atoms with Crippen LogP contribution in [0.25, 0.3) is 0 Å². The topological polar surface area (TPSA) is 86.5 Å². The molecule has 0 amide bonds. The summed E-state index contributed by atoms with van der Waals surface area (Å²) in [5.41, 5.74) is 4.50. The van der Waals surface area contributed by atoms with E-state index in [2.05, 4.69) is 0 Å². The first-order chi connectivity index (χ1) is 9.38. The second-order valence-electron chi connectivity index (χ2n) is 4.77. The summed E-state index contributed by atoms with van der Waals surface area (Å²) in [4.78, 5) is 12.1. The monoisotopic (exact) mass is 317 g/mol. The minimum absolute atomic E-state index is 0.0384. The molecule has 2 rings (SSSR count). The molecule has 1 aliphatic carbocycles. The van der Waals surface area contributed by atoms with Crippen molar-refractivity contribution in [3.8, 4) is 0 Å². The van der Waals surface area contributed by atoms with Gasteiger partial charge in [0.25, 0.3) is 0 Å². The molecule has 0 heterocycles. The van der Waals surface area contributed by atoms with Gasteiger partial charge in [-0.25, -0.2) is 8.42 Å². The van der Waals surface area contributed by atoms with Gasteiger partial charge in [0, 0.05) is 11.6 Å². The summed E-state index contributed by atoms with van der Waals surface area (Å²) in [7, 11) is -3.61. The van der Waals surface area contributed by atoms with Gasteiger partial charge in [0.15, 0.2) is 9.84 Å². The van der Waals surface area contributed by atoms with Gasteiger partial charge < -0.3 is 10.5 Å². The zero-order valence-electron chi connectivity index (χ0n) is 11.0. The molecule has 1 fully saturated rings. The van der Waals surface area contributed by atoms with Gasteiger partial charge in [0.05, 0.1) is 22.2 Å². The molecule has 0 aliphatic heterocycles. The Morgan fingerprint density at radius 3 is 2.55 bits per heavy atom. The first kappa shape index (κ1) is 15.3. The number of nitrogens with two attached hydrogens (primary N) is 1. The molecular formula is C13H16ClNO4S. The Hall–Kier alpha value is -1.11. The summed E-state index contributed by atoms with van der Waals surface area (Å²) < 4.78 is 29.9. The molecule has 0 unspecified atom stereocenters. The zero-order valence-corrected chi connectivity index (χ0v) is 12.6. The van der Waals surface area contributed by atoms with E-state index in [0.29, 0.717) is 5.02 Å². The third kappa shape index (κ3) is 2.43. The molecule has 1 aromatic carbocycles. The highest BCUT2D eigenvalue weighted by molar-refractivity contribution is 7.92. The number of carbonyl (C=O) groups excluding carboxylic acids is 1. The van der Waals surface area contributed by atoms with E-state index in [-0.39, 0.29) is 24.5 Å². The van der Waals surface area contributed by atoms with Crippen molar-refractivity contribution in [2.75, 3.05) is 13.2 Å². The number of benzene rings is 1. The average molecular weight is 318 g/mol. The van der Waals surface area contributed by atoms with Crippen LogP contribution in [0.5, 0.6) is 0 Å². The number of hydrogen-bond donors (Lipinski definition) is 1. The number of carbonyl (C=O) groups is 1. The van der Waals surface area contributed by atoms with Crippen molar-refractivity contribution in [1.29, 1.82) is 0 Å². The fourth-order valence-corrected chi connectivity index (χ4v) is 4.53. The van der Waals surface area contributed by atoms with Crippen LogP contribution in [0.1, 0.15) is 13.3 Å². The molecule has 0 aromatic heterocycles. The smallest absolute Gasteiger partial charge is 0.314 e. The first-order valence-electron chi connectivity index (χ1n) is 6.25. The van der Waals surface area contributed by atoms with Gasteiger partial charge in [-0.05, 0) is 37.6 Å². The van der Waals surface area contributed by atoms with E-state index >= 15 is 0 Å². The fourth-order valence-electron chi connectivity index (χ4n) is 2.25. The van der Waals surface area contributed by atoms with Crippen molar-refractivity contribution in [2.45, 2.75) is 23.5 Å². The lowest BCUT2D eigenvalue weighted by Gasteiger charge is -2.13. The van der Waals surface area contributed by atoms with E-state index in [1.54, 1.807) is 6.92 Å². The van der Waals surface area contributed by atoms with E-state index in [0.717, 1.165) is 0 Å². The van der Waals surface area contributed by atoms with Crippen LogP contribution >= 0.6 is 11.6 Å². The standard InChI is InChI=1S/C13H16ClNO4S/c1-2-19-12(16)13(8-15)7-11(13)20(17,18)10-5-3-9(14)4-6-10/h3-6,11H,2,7-8,15H2,1H3/t11-,13-/m0/s1. The van der Waals surface area contributed by atoms with Crippen LogP contribution in [0.4, 0.5) is 0 Å². The fraction of sp³-hybridized carbons (Fsp3) is 0.462. The van der Waals surface area contributed by atoms with Crippen molar-refractivity contribution < 1.29 is 17.9 Å². The molecule has 1 aromatic rings. The summed E-state index contributed by atoms with van der Waals surface area (Å²) in [6.07, 6.45) is 0.202. The highest BCUT2D eigenvalue weighted by atomic mass is 35.5. The second-order valence-corrected chi connectivity index (χ2v) is 7.34. The second kappa shape index (κ2) is 5.35. The van der Waals surface area contributed by atoms with Gasteiger partial charge in [-0.2, -0.15) is 0 Å². The van der Waals surface area contributed by atoms with Crippen LogP contribution in [0, 0.1) is 5.41 Å². The maximum Gasteiger partial charge on any atom is 0.314 e. The first-order valence-corrected chi connectivity index (χ1v) is 8.17. The molecule has 0 saturated heterocycles. The molecule has 0 radical (unpaired) electrons. The number of sulfone groups is 1. The Kier molecular flexibility index (Phi) is 4.09. The summed E-state index contributed by atoms with van der Waals surface area (Å²) >= 11 is 5.74. The maximum absolute atomic E-state index is 12.5. The van der Waals surface area contributed by atoms with Crippen molar-refractivity contribution >= 4 is 27.4 Å². The Balaban J connectivity index is 2.29. The van der Waals surface area contributed by atoms with Gasteiger partial charge in [-0.3, -0.25) is 4.79 Å². The Morgan fingerprint density at radius 1 is 1.45 bits per heavy atom. The third-order valence-corrected chi connectivity index (χ3v) is 6.12. The van der Waals surface area contributed by atoms with E-state index in [1.807, 2.05) is 0 Å². The lowest BCUT2D eigenvalue weighted by atomic mass is 10.1. The molecule has 1 aliphatic rings. The molecule has 20 heavy (non-hydrogen) atoms. The maximum atomic E-state index is 12.5. The molecular weight excluding hydrogens is 302 g/mol. The van der Waals surface area contributed by atoms with Crippen LogP contribution in [0.3, 0.4) is 0 Å². The van der Waals surface area contributed by atoms with Gasteiger partial charge in [-0.15, -0.1) is 0 Å². The highest BCUT2D eigenvalue weighted by Crippen LogP contribution is 2.52. The molecule has 1 saturated carbocycles. The lowest BCUT2D eigenvalue weighted by molar-refractivity contribution is -0.149. The largest absolute Gasteiger partial charge is 0.465 e. The zero-order chi connectivity index (χ0) is 15.0. The summed E-state index contributed by atoms with van der Waals surface area (Å²) in [6, 6.07) is 5.88. The third-order valence-electron chi connectivity index (χ3n) is 3.57. The van der Waals surface area contributed by atoms with Crippen LogP contribution in [-0.4, -0.2) is 32.8 Å². The quantitative estimate of drug-likeness (QED) is 0.829. The van der Waals surface area contributed by atoms with Crippen LogP contribution in [-0.2, 0) is 19.4 Å². The Labute approximate surface area is 123 Å². The van der Waals surface area contributed by atoms with Crippen molar-refractivity contribution in [3.63, 3.8) is 0 Å². The number of halogens is 1. The number of hydrogen-bond acceptors (Lipinski definition) is 5. The number of rotatable bonds is 5. The van der Waals surface area contributed by atoms with E-state index in [9.17, 15) is 13.2 Å². The van der Waals surface area contributed by atoms with Gasteiger partial charge in [0.1, 0.15) is 0 Å². The molecule has 2 atom stereocenters. The van der Waals surface area contributed by atoms with Crippen molar-refractivity contribution in [2.24, 2.45) is 11.1 Å². The van der Waals surface area contributed by atoms with E-state index in [1.165, 1.54) is 24.3 Å². The predicted octanol–water partition coefficient (Wildman–Crippen LogP) is 1.39. The van der Waals surface area contributed by atoms with Crippen LogP contribution < -0.4 is 5.73 Å².